The summed E-state index contributed by atoms with van der Waals surface area (Å²) in [5.74, 6) is 0.103. The van der Waals surface area contributed by atoms with Crippen molar-refractivity contribution in [3.8, 4) is 10.7 Å². The number of carbonyl (C=O) groups is 2. The maximum Gasteiger partial charge on any atom is 0.227 e. The van der Waals surface area contributed by atoms with Crippen LogP contribution in [0.3, 0.4) is 0 Å². The fraction of sp³-hybridized carbons (Fsp3) is 0.238. The minimum absolute atomic E-state index is 0.0725. The Hall–Kier alpha value is -3.06. The first-order valence-electron chi connectivity index (χ1n) is 9.21. The molecule has 0 atom stereocenters. The third-order valence-electron chi connectivity index (χ3n) is 4.59. The number of hydrogen-bond donors (Lipinski definition) is 1. The predicted molar refractivity (Wildman–Crippen MR) is 109 cm³/mol. The zero-order valence-corrected chi connectivity index (χ0v) is 16.1. The summed E-state index contributed by atoms with van der Waals surface area (Å²) in [5.41, 5.74) is 3.47. The molecule has 3 heterocycles. The molecule has 1 aliphatic heterocycles. The molecular weight excluding hydrogens is 372 g/mol. The Morgan fingerprint density at radius 3 is 2.75 bits per heavy atom. The van der Waals surface area contributed by atoms with Gasteiger partial charge in [-0.05, 0) is 36.2 Å². The normalized spacial score (nSPS) is 13.7. The number of pyridine rings is 1. The topological polar surface area (TPSA) is 75.2 Å². The lowest BCUT2D eigenvalue weighted by Gasteiger charge is -2.16. The number of aromatic nitrogens is 2. The Bertz CT molecular complexity index is 970. The summed E-state index contributed by atoms with van der Waals surface area (Å²) in [6, 6.07) is 13.4. The molecule has 0 unspecified atom stereocenters. The standard InChI is InChI=1S/C21H20N4O2S/c26-19(12-16-14-28-21(24-16)18-4-1-2-10-22-18)23-13-15-6-8-17(9-7-15)25-11-3-5-20(25)27/h1-2,4,6-10,14H,3,5,11-13H2,(H,23,26). The van der Waals surface area contributed by atoms with E-state index in [9.17, 15) is 9.59 Å². The van der Waals surface area contributed by atoms with E-state index in [2.05, 4.69) is 15.3 Å². The third-order valence-corrected chi connectivity index (χ3v) is 5.50. The van der Waals surface area contributed by atoms with Crippen LogP contribution >= 0.6 is 11.3 Å². The van der Waals surface area contributed by atoms with E-state index in [0.717, 1.165) is 40.6 Å². The Kier molecular flexibility index (Phi) is 5.43. The van der Waals surface area contributed by atoms with E-state index in [1.54, 1.807) is 6.20 Å². The summed E-state index contributed by atoms with van der Waals surface area (Å²) in [5, 5.41) is 5.63. The van der Waals surface area contributed by atoms with Crippen LogP contribution in [0.15, 0.2) is 54.0 Å². The molecule has 0 bridgehead atoms. The third kappa shape index (κ3) is 4.26. The monoisotopic (exact) mass is 392 g/mol. The van der Waals surface area contributed by atoms with Crippen molar-refractivity contribution in [1.29, 1.82) is 0 Å². The maximum atomic E-state index is 12.2. The smallest absolute Gasteiger partial charge is 0.227 e. The van der Waals surface area contributed by atoms with Crippen LogP contribution in [0.2, 0.25) is 0 Å². The minimum Gasteiger partial charge on any atom is -0.352 e. The van der Waals surface area contributed by atoms with E-state index in [4.69, 9.17) is 0 Å². The Labute approximate surface area is 167 Å². The quantitative estimate of drug-likeness (QED) is 0.699. The van der Waals surface area contributed by atoms with Gasteiger partial charge in [0.05, 0.1) is 17.8 Å². The summed E-state index contributed by atoms with van der Waals surface area (Å²) in [7, 11) is 0. The van der Waals surface area contributed by atoms with E-state index >= 15 is 0 Å². The average Bonchev–Trinajstić information content (AvgIpc) is 3.36. The van der Waals surface area contributed by atoms with Crippen LogP contribution in [0.5, 0.6) is 0 Å². The first kappa shape index (κ1) is 18.3. The largest absolute Gasteiger partial charge is 0.352 e. The van der Waals surface area contributed by atoms with E-state index in [0.29, 0.717) is 13.0 Å². The van der Waals surface area contributed by atoms with Crippen LogP contribution in [0, 0.1) is 0 Å². The number of benzene rings is 1. The van der Waals surface area contributed by atoms with Crippen molar-refractivity contribution in [2.45, 2.75) is 25.8 Å². The molecular formula is C21H20N4O2S. The number of anilines is 1. The van der Waals surface area contributed by atoms with Gasteiger partial charge in [0, 0.05) is 36.8 Å². The number of amides is 2. The molecule has 3 aromatic rings. The molecule has 1 aliphatic rings. The second-order valence-corrected chi connectivity index (χ2v) is 7.49. The van der Waals surface area contributed by atoms with E-state index in [1.165, 1.54) is 11.3 Å². The Balaban J connectivity index is 1.30. The van der Waals surface area contributed by atoms with Crippen molar-refractivity contribution in [3.63, 3.8) is 0 Å². The highest BCUT2D eigenvalue weighted by molar-refractivity contribution is 7.13. The van der Waals surface area contributed by atoms with E-state index in [1.807, 2.05) is 52.7 Å². The highest BCUT2D eigenvalue weighted by Crippen LogP contribution is 2.22. The summed E-state index contributed by atoms with van der Waals surface area (Å²) in [4.78, 5) is 34.6. The first-order valence-corrected chi connectivity index (χ1v) is 10.1. The maximum absolute atomic E-state index is 12.2. The van der Waals surface area contributed by atoms with Gasteiger partial charge in [-0.15, -0.1) is 11.3 Å². The summed E-state index contributed by atoms with van der Waals surface area (Å²) >= 11 is 1.49. The van der Waals surface area contributed by atoms with Gasteiger partial charge in [-0.3, -0.25) is 14.6 Å². The molecule has 7 heteroatoms. The number of nitrogens with zero attached hydrogens (tertiary/aromatic N) is 3. The van der Waals surface area contributed by atoms with Gasteiger partial charge in [-0.25, -0.2) is 4.98 Å². The molecule has 2 amide bonds. The lowest BCUT2D eigenvalue weighted by molar-refractivity contribution is -0.120. The van der Waals surface area contributed by atoms with Gasteiger partial charge in [-0.2, -0.15) is 0 Å². The lowest BCUT2D eigenvalue weighted by Crippen LogP contribution is -2.25. The highest BCUT2D eigenvalue weighted by atomic mass is 32.1. The summed E-state index contributed by atoms with van der Waals surface area (Å²) in [6.45, 7) is 1.23. The van der Waals surface area contributed by atoms with Gasteiger partial charge >= 0.3 is 0 Å². The zero-order chi connectivity index (χ0) is 19.3. The molecule has 2 aromatic heterocycles. The highest BCUT2D eigenvalue weighted by Gasteiger charge is 2.21. The van der Waals surface area contributed by atoms with Crippen molar-refractivity contribution in [1.82, 2.24) is 15.3 Å². The molecule has 0 saturated carbocycles. The molecule has 0 aliphatic carbocycles. The average molecular weight is 392 g/mol. The van der Waals surface area contributed by atoms with Crippen molar-refractivity contribution in [3.05, 3.63) is 65.3 Å². The van der Waals surface area contributed by atoms with Crippen molar-refractivity contribution in [2.24, 2.45) is 0 Å². The molecule has 1 saturated heterocycles. The van der Waals surface area contributed by atoms with Crippen molar-refractivity contribution >= 4 is 28.8 Å². The molecule has 142 valence electrons. The van der Waals surface area contributed by atoms with Gasteiger partial charge in [-0.1, -0.05) is 18.2 Å². The van der Waals surface area contributed by atoms with Crippen LogP contribution in [0.4, 0.5) is 5.69 Å². The summed E-state index contributed by atoms with van der Waals surface area (Å²) in [6.07, 6.45) is 3.50. The molecule has 0 spiro atoms. The fourth-order valence-electron chi connectivity index (χ4n) is 3.14. The van der Waals surface area contributed by atoms with Crippen LogP contribution < -0.4 is 10.2 Å². The number of nitrogens with one attached hydrogen (secondary N) is 1. The van der Waals surface area contributed by atoms with Gasteiger partial charge in [0.15, 0.2) is 0 Å². The van der Waals surface area contributed by atoms with Gasteiger partial charge < -0.3 is 10.2 Å². The number of hydrogen-bond acceptors (Lipinski definition) is 5. The van der Waals surface area contributed by atoms with Crippen molar-refractivity contribution < 1.29 is 9.59 Å². The second kappa shape index (κ2) is 8.31. The molecule has 1 N–H and O–H groups in total. The van der Waals surface area contributed by atoms with E-state index in [-0.39, 0.29) is 18.2 Å². The first-order chi connectivity index (χ1) is 13.7. The molecule has 28 heavy (non-hydrogen) atoms. The molecule has 0 radical (unpaired) electrons. The number of carbonyl (C=O) groups excluding carboxylic acids is 2. The van der Waals surface area contributed by atoms with Gasteiger partial charge in [0.25, 0.3) is 0 Å². The molecule has 6 nitrogen and oxygen atoms in total. The number of thiazole rings is 1. The van der Waals surface area contributed by atoms with Crippen LogP contribution in [0.1, 0.15) is 24.1 Å². The summed E-state index contributed by atoms with van der Waals surface area (Å²) < 4.78 is 0. The van der Waals surface area contributed by atoms with Gasteiger partial charge in [0.2, 0.25) is 11.8 Å². The Morgan fingerprint density at radius 1 is 1.18 bits per heavy atom. The van der Waals surface area contributed by atoms with Crippen LogP contribution in [-0.4, -0.2) is 28.3 Å². The lowest BCUT2D eigenvalue weighted by atomic mass is 10.2. The minimum atomic E-state index is -0.0725. The van der Waals surface area contributed by atoms with Crippen LogP contribution in [-0.2, 0) is 22.6 Å². The SMILES string of the molecule is O=C(Cc1csc(-c2ccccn2)n1)NCc1ccc(N2CCCC2=O)cc1. The molecule has 1 fully saturated rings. The fourth-order valence-corrected chi connectivity index (χ4v) is 3.93. The Morgan fingerprint density at radius 2 is 2.04 bits per heavy atom. The predicted octanol–water partition coefficient (Wildman–Crippen LogP) is 3.19. The van der Waals surface area contributed by atoms with Crippen molar-refractivity contribution in [2.75, 3.05) is 11.4 Å². The second-order valence-electron chi connectivity index (χ2n) is 6.63. The molecule has 1 aromatic carbocycles. The molecule has 4 rings (SSSR count). The van der Waals surface area contributed by atoms with Crippen LogP contribution in [0.25, 0.3) is 10.7 Å². The van der Waals surface area contributed by atoms with Gasteiger partial charge in [0.1, 0.15) is 5.01 Å². The van der Waals surface area contributed by atoms with E-state index < -0.39 is 0 Å². The number of rotatable bonds is 6. The zero-order valence-electron chi connectivity index (χ0n) is 15.3.